The first-order valence-corrected chi connectivity index (χ1v) is 9.08. The standard InChI is InChI=1S/C17H17ClS2/c1-3-11-5-6-13(9-12(11)4-2)17(18)16-10-15-14(20-16)7-8-19-15/h5-10,17H,3-4H2,1-2H3. The molecule has 3 heteroatoms. The topological polar surface area (TPSA) is 0 Å². The molecule has 0 bridgehead atoms. The number of rotatable bonds is 4. The Bertz CT molecular complexity index is 695. The van der Waals surface area contributed by atoms with Crippen LogP contribution in [0.25, 0.3) is 9.40 Å². The van der Waals surface area contributed by atoms with Crippen LogP contribution in [0.3, 0.4) is 0 Å². The third-order valence-electron chi connectivity index (χ3n) is 3.69. The Hall–Kier alpha value is -0.830. The van der Waals surface area contributed by atoms with Crippen molar-refractivity contribution in [2.24, 2.45) is 0 Å². The van der Waals surface area contributed by atoms with E-state index in [2.05, 4.69) is 49.6 Å². The van der Waals surface area contributed by atoms with Crippen molar-refractivity contribution >= 4 is 43.7 Å². The fourth-order valence-electron chi connectivity index (χ4n) is 2.55. The summed E-state index contributed by atoms with van der Waals surface area (Å²) in [6.45, 7) is 4.42. The van der Waals surface area contributed by atoms with Crippen molar-refractivity contribution in [3.63, 3.8) is 0 Å². The molecule has 0 saturated carbocycles. The highest BCUT2D eigenvalue weighted by Crippen LogP contribution is 2.39. The molecular weight excluding hydrogens is 304 g/mol. The van der Waals surface area contributed by atoms with E-state index in [9.17, 15) is 0 Å². The molecule has 1 atom stereocenters. The smallest absolute Gasteiger partial charge is 0.0928 e. The van der Waals surface area contributed by atoms with E-state index in [1.807, 2.05) is 11.3 Å². The van der Waals surface area contributed by atoms with Crippen molar-refractivity contribution in [3.8, 4) is 0 Å². The van der Waals surface area contributed by atoms with Gasteiger partial charge in [0.2, 0.25) is 0 Å². The predicted octanol–water partition coefficient (Wildman–Crippen LogP) is 6.42. The highest BCUT2D eigenvalue weighted by atomic mass is 35.5. The molecule has 0 amide bonds. The summed E-state index contributed by atoms with van der Waals surface area (Å²) in [5.41, 5.74) is 4.08. The Morgan fingerprint density at radius 2 is 1.80 bits per heavy atom. The van der Waals surface area contributed by atoms with Crippen molar-refractivity contribution in [3.05, 3.63) is 57.3 Å². The van der Waals surface area contributed by atoms with Crippen LogP contribution in [0.1, 0.15) is 40.8 Å². The maximum absolute atomic E-state index is 6.70. The molecule has 3 rings (SSSR count). The molecule has 20 heavy (non-hydrogen) atoms. The van der Waals surface area contributed by atoms with E-state index in [0.29, 0.717) is 0 Å². The van der Waals surface area contributed by atoms with Gasteiger partial charge >= 0.3 is 0 Å². The number of hydrogen-bond acceptors (Lipinski definition) is 2. The average Bonchev–Trinajstić information content (AvgIpc) is 3.06. The summed E-state index contributed by atoms with van der Waals surface area (Å²) in [4.78, 5) is 1.25. The third-order valence-corrected chi connectivity index (χ3v) is 6.47. The molecule has 0 saturated heterocycles. The zero-order valence-electron chi connectivity index (χ0n) is 11.7. The molecule has 3 aromatic rings. The van der Waals surface area contributed by atoms with Gasteiger partial charge in [0.1, 0.15) is 0 Å². The number of benzene rings is 1. The van der Waals surface area contributed by atoms with Gasteiger partial charge in [-0.2, -0.15) is 0 Å². The molecule has 0 nitrogen and oxygen atoms in total. The first-order valence-electron chi connectivity index (χ1n) is 6.95. The molecule has 2 heterocycles. The number of aryl methyl sites for hydroxylation is 2. The number of hydrogen-bond donors (Lipinski definition) is 0. The minimum absolute atomic E-state index is 0.0317. The quantitative estimate of drug-likeness (QED) is 0.487. The summed E-state index contributed by atoms with van der Waals surface area (Å²) in [6.07, 6.45) is 2.16. The molecule has 1 aromatic carbocycles. The Balaban J connectivity index is 1.97. The van der Waals surface area contributed by atoms with Crippen molar-refractivity contribution in [2.45, 2.75) is 32.1 Å². The zero-order chi connectivity index (χ0) is 14.1. The summed E-state index contributed by atoms with van der Waals surface area (Å²) < 4.78 is 2.69. The van der Waals surface area contributed by atoms with E-state index < -0.39 is 0 Å². The van der Waals surface area contributed by atoms with Crippen molar-refractivity contribution in [1.29, 1.82) is 0 Å². The molecule has 0 fully saturated rings. The number of alkyl halides is 1. The van der Waals surface area contributed by atoms with Crippen LogP contribution in [-0.4, -0.2) is 0 Å². The first kappa shape index (κ1) is 14.1. The SMILES string of the molecule is CCc1ccc(C(Cl)c2cc3sccc3s2)cc1CC. The lowest BCUT2D eigenvalue weighted by Crippen LogP contribution is -1.96. The Morgan fingerprint density at radius 1 is 1.00 bits per heavy atom. The normalized spacial score (nSPS) is 12.9. The van der Waals surface area contributed by atoms with Crippen LogP contribution in [0.5, 0.6) is 0 Å². The molecule has 0 aliphatic heterocycles. The Morgan fingerprint density at radius 3 is 2.50 bits per heavy atom. The number of thiophene rings is 2. The van der Waals surface area contributed by atoms with E-state index >= 15 is 0 Å². The lowest BCUT2D eigenvalue weighted by Gasteiger charge is -2.12. The van der Waals surface area contributed by atoms with E-state index in [1.165, 1.54) is 31.0 Å². The maximum atomic E-state index is 6.70. The van der Waals surface area contributed by atoms with Crippen LogP contribution in [0.4, 0.5) is 0 Å². The average molecular weight is 321 g/mol. The van der Waals surface area contributed by atoms with Gasteiger partial charge in [-0.15, -0.1) is 34.3 Å². The van der Waals surface area contributed by atoms with Crippen LogP contribution in [-0.2, 0) is 12.8 Å². The minimum atomic E-state index is -0.0317. The van der Waals surface area contributed by atoms with Gasteiger partial charge in [0.05, 0.1) is 5.38 Å². The van der Waals surface area contributed by atoms with Gasteiger partial charge in [0.25, 0.3) is 0 Å². The molecule has 104 valence electrons. The van der Waals surface area contributed by atoms with Crippen LogP contribution in [0.15, 0.2) is 35.7 Å². The van der Waals surface area contributed by atoms with Gasteiger partial charge in [-0.3, -0.25) is 0 Å². The first-order chi connectivity index (χ1) is 9.72. The van der Waals surface area contributed by atoms with Gasteiger partial charge in [0.15, 0.2) is 0 Å². The monoisotopic (exact) mass is 320 g/mol. The van der Waals surface area contributed by atoms with Gasteiger partial charge in [-0.25, -0.2) is 0 Å². The molecule has 2 aromatic heterocycles. The number of fused-ring (bicyclic) bond motifs is 1. The number of halogens is 1. The van der Waals surface area contributed by atoms with Crippen LogP contribution >= 0.6 is 34.3 Å². The zero-order valence-corrected chi connectivity index (χ0v) is 14.0. The Kier molecular flexibility index (Phi) is 4.16. The second-order valence-electron chi connectivity index (χ2n) is 4.90. The highest BCUT2D eigenvalue weighted by molar-refractivity contribution is 7.27. The second kappa shape index (κ2) is 5.88. The molecule has 1 unspecified atom stereocenters. The predicted molar refractivity (Wildman–Crippen MR) is 92.6 cm³/mol. The highest BCUT2D eigenvalue weighted by Gasteiger charge is 2.15. The van der Waals surface area contributed by atoms with Gasteiger partial charge in [-0.05, 0) is 47.0 Å². The van der Waals surface area contributed by atoms with Crippen LogP contribution in [0.2, 0.25) is 0 Å². The molecular formula is C17H17ClS2. The van der Waals surface area contributed by atoms with Gasteiger partial charge in [-0.1, -0.05) is 32.0 Å². The minimum Gasteiger partial charge on any atom is -0.143 e. The molecule has 0 aliphatic rings. The molecule has 0 aliphatic carbocycles. The fourth-order valence-corrected chi connectivity index (χ4v) is 5.01. The molecule has 0 spiro atoms. The second-order valence-corrected chi connectivity index (χ2v) is 7.40. The van der Waals surface area contributed by atoms with Crippen LogP contribution in [0, 0.1) is 0 Å². The summed E-state index contributed by atoms with van der Waals surface area (Å²) in [5, 5.41) is 2.11. The van der Waals surface area contributed by atoms with E-state index in [-0.39, 0.29) is 5.38 Å². The maximum Gasteiger partial charge on any atom is 0.0928 e. The van der Waals surface area contributed by atoms with Gasteiger partial charge in [0, 0.05) is 14.3 Å². The van der Waals surface area contributed by atoms with Crippen molar-refractivity contribution in [1.82, 2.24) is 0 Å². The largest absolute Gasteiger partial charge is 0.143 e. The van der Waals surface area contributed by atoms with E-state index in [1.54, 1.807) is 11.3 Å². The molecule has 0 N–H and O–H groups in total. The summed E-state index contributed by atoms with van der Waals surface area (Å²) in [5.74, 6) is 0. The molecule has 0 radical (unpaired) electrons. The van der Waals surface area contributed by atoms with Gasteiger partial charge < -0.3 is 0 Å². The summed E-state index contributed by atoms with van der Waals surface area (Å²) >= 11 is 10.3. The summed E-state index contributed by atoms with van der Waals surface area (Å²) in [7, 11) is 0. The van der Waals surface area contributed by atoms with Crippen molar-refractivity contribution < 1.29 is 0 Å². The van der Waals surface area contributed by atoms with E-state index in [0.717, 1.165) is 12.8 Å². The Labute approximate surface area is 133 Å². The lowest BCUT2D eigenvalue weighted by molar-refractivity contribution is 1.02. The van der Waals surface area contributed by atoms with E-state index in [4.69, 9.17) is 11.6 Å². The summed E-state index contributed by atoms with van der Waals surface area (Å²) in [6, 6.07) is 11.1. The lowest BCUT2D eigenvalue weighted by atomic mass is 9.98. The fraction of sp³-hybridized carbons (Fsp3) is 0.294. The van der Waals surface area contributed by atoms with Crippen molar-refractivity contribution in [2.75, 3.05) is 0 Å². The van der Waals surface area contributed by atoms with Crippen LogP contribution < -0.4 is 0 Å². The third kappa shape index (κ3) is 2.52.